The van der Waals surface area contributed by atoms with Gasteiger partial charge in [-0.3, -0.25) is 9.48 Å². The number of carbonyl (C=O) groups excluding carboxylic acids is 1. The molecule has 2 rings (SSSR count). The summed E-state index contributed by atoms with van der Waals surface area (Å²) in [6, 6.07) is 7.53. The normalized spacial score (nSPS) is 11.6. The van der Waals surface area contributed by atoms with Crippen LogP contribution in [0, 0.1) is 0 Å². The number of amides is 1. The largest absolute Gasteiger partial charge is 0.340 e. The molecule has 0 saturated carbocycles. The molecule has 1 atom stereocenters. The quantitative estimate of drug-likeness (QED) is 0.858. The number of hydrogen-bond donors (Lipinski definition) is 1. The third kappa shape index (κ3) is 4.32. The highest BCUT2D eigenvalue weighted by Crippen LogP contribution is 2.20. The van der Waals surface area contributed by atoms with Crippen molar-refractivity contribution in [3.8, 4) is 0 Å². The van der Waals surface area contributed by atoms with Crippen molar-refractivity contribution in [2.45, 2.75) is 12.6 Å². The third-order valence-corrected chi connectivity index (χ3v) is 4.11. The SMILES string of the molecule is CNC(C(=O)N(C)Cc1ccccc1Br)c1cnn(C)c1.Cl. The minimum Gasteiger partial charge on any atom is -0.340 e. The van der Waals surface area contributed by atoms with Crippen LogP contribution in [0.25, 0.3) is 0 Å². The summed E-state index contributed by atoms with van der Waals surface area (Å²) in [7, 11) is 5.43. The zero-order valence-electron chi connectivity index (χ0n) is 12.8. The van der Waals surface area contributed by atoms with Crippen LogP contribution < -0.4 is 5.32 Å². The fraction of sp³-hybridized carbons (Fsp3) is 0.333. The third-order valence-electron chi connectivity index (χ3n) is 3.34. The fourth-order valence-electron chi connectivity index (χ4n) is 2.20. The van der Waals surface area contributed by atoms with Gasteiger partial charge in [0.2, 0.25) is 5.91 Å². The van der Waals surface area contributed by atoms with Crippen LogP contribution in [-0.4, -0.2) is 34.7 Å². The van der Waals surface area contributed by atoms with Crippen LogP contribution in [0.2, 0.25) is 0 Å². The van der Waals surface area contributed by atoms with Crippen molar-refractivity contribution < 1.29 is 4.79 Å². The number of carbonyl (C=O) groups is 1. The van der Waals surface area contributed by atoms with Gasteiger partial charge in [-0.1, -0.05) is 34.1 Å². The van der Waals surface area contributed by atoms with E-state index in [9.17, 15) is 4.79 Å². The van der Waals surface area contributed by atoms with Gasteiger partial charge in [0.05, 0.1) is 6.20 Å². The van der Waals surface area contributed by atoms with Crippen LogP contribution in [0.4, 0.5) is 0 Å². The topological polar surface area (TPSA) is 50.2 Å². The Morgan fingerprint density at radius 3 is 2.68 bits per heavy atom. The molecule has 7 heteroatoms. The Morgan fingerprint density at radius 2 is 2.14 bits per heavy atom. The van der Waals surface area contributed by atoms with Gasteiger partial charge >= 0.3 is 0 Å². The monoisotopic (exact) mass is 386 g/mol. The first-order chi connectivity index (χ1) is 10.0. The molecule has 120 valence electrons. The maximum Gasteiger partial charge on any atom is 0.244 e. The zero-order valence-corrected chi connectivity index (χ0v) is 15.2. The number of rotatable bonds is 5. The molecule has 1 unspecified atom stereocenters. The van der Waals surface area contributed by atoms with Crippen LogP contribution in [0.15, 0.2) is 41.1 Å². The Labute approximate surface area is 145 Å². The molecule has 5 nitrogen and oxygen atoms in total. The Bertz CT molecular complexity index is 632. The van der Waals surface area contributed by atoms with Gasteiger partial charge in [0.1, 0.15) is 6.04 Å². The van der Waals surface area contributed by atoms with E-state index in [0.717, 1.165) is 15.6 Å². The van der Waals surface area contributed by atoms with Crippen LogP contribution in [0.3, 0.4) is 0 Å². The Balaban J connectivity index is 0.00000242. The van der Waals surface area contributed by atoms with Crippen LogP contribution in [0.5, 0.6) is 0 Å². The van der Waals surface area contributed by atoms with E-state index in [1.165, 1.54) is 0 Å². The number of nitrogens with one attached hydrogen (secondary N) is 1. The molecule has 22 heavy (non-hydrogen) atoms. The molecule has 0 saturated heterocycles. The standard InChI is InChI=1S/C15H19BrN4O.ClH/c1-17-14(12-8-18-20(3)10-12)15(21)19(2)9-11-6-4-5-7-13(11)16;/h4-8,10,14,17H,9H2,1-3H3;1H. The molecule has 1 heterocycles. The number of aryl methyl sites for hydroxylation is 1. The number of likely N-dealkylation sites (N-methyl/N-ethyl adjacent to an activating group) is 2. The average Bonchev–Trinajstić information content (AvgIpc) is 2.88. The maximum atomic E-state index is 12.6. The molecule has 0 aliphatic rings. The highest BCUT2D eigenvalue weighted by molar-refractivity contribution is 9.10. The van der Waals surface area contributed by atoms with E-state index < -0.39 is 0 Å². The number of hydrogen-bond acceptors (Lipinski definition) is 3. The summed E-state index contributed by atoms with van der Waals surface area (Å²) in [5.41, 5.74) is 1.94. The molecule has 0 bridgehead atoms. The van der Waals surface area contributed by atoms with Crippen molar-refractivity contribution >= 4 is 34.2 Å². The first-order valence-electron chi connectivity index (χ1n) is 6.67. The number of benzene rings is 1. The van der Waals surface area contributed by atoms with Crippen molar-refractivity contribution in [2.24, 2.45) is 7.05 Å². The molecule has 1 amide bonds. The zero-order chi connectivity index (χ0) is 15.4. The van der Waals surface area contributed by atoms with Crippen molar-refractivity contribution in [1.29, 1.82) is 0 Å². The predicted octanol–water partition coefficient (Wildman–Crippen LogP) is 2.52. The van der Waals surface area contributed by atoms with Gasteiger partial charge in [-0.25, -0.2) is 0 Å². The second-order valence-corrected chi connectivity index (χ2v) is 5.81. The molecule has 1 aromatic carbocycles. The van der Waals surface area contributed by atoms with Crippen LogP contribution in [0.1, 0.15) is 17.2 Å². The molecule has 0 aliphatic heterocycles. The van der Waals surface area contributed by atoms with E-state index in [0.29, 0.717) is 6.54 Å². The van der Waals surface area contributed by atoms with E-state index in [-0.39, 0.29) is 24.4 Å². The minimum atomic E-state index is -0.383. The van der Waals surface area contributed by atoms with E-state index in [4.69, 9.17) is 0 Å². The average molecular weight is 388 g/mol. The Morgan fingerprint density at radius 1 is 1.45 bits per heavy atom. The van der Waals surface area contributed by atoms with Gasteiger partial charge in [0, 0.05) is 36.9 Å². The van der Waals surface area contributed by atoms with Gasteiger partial charge in [-0.2, -0.15) is 5.10 Å². The first kappa shape index (κ1) is 18.7. The molecule has 0 fully saturated rings. The summed E-state index contributed by atoms with van der Waals surface area (Å²) in [6.07, 6.45) is 3.57. The summed E-state index contributed by atoms with van der Waals surface area (Å²) < 4.78 is 2.70. The molecular formula is C15H20BrClN4O. The lowest BCUT2D eigenvalue weighted by Crippen LogP contribution is -2.37. The first-order valence-corrected chi connectivity index (χ1v) is 7.46. The van der Waals surface area contributed by atoms with Crippen LogP contribution >= 0.6 is 28.3 Å². The molecule has 0 radical (unpaired) electrons. The van der Waals surface area contributed by atoms with E-state index >= 15 is 0 Å². The lowest BCUT2D eigenvalue weighted by molar-refractivity contribution is -0.132. The second-order valence-electron chi connectivity index (χ2n) is 4.95. The highest BCUT2D eigenvalue weighted by atomic mass is 79.9. The summed E-state index contributed by atoms with van der Waals surface area (Å²) in [6.45, 7) is 0.554. The maximum absolute atomic E-state index is 12.6. The number of nitrogens with zero attached hydrogens (tertiary/aromatic N) is 3. The summed E-state index contributed by atoms with van der Waals surface area (Å²) in [5.74, 6) is 0.0150. The fourth-order valence-corrected chi connectivity index (χ4v) is 2.61. The van der Waals surface area contributed by atoms with Gasteiger partial charge in [0.15, 0.2) is 0 Å². The smallest absolute Gasteiger partial charge is 0.244 e. The van der Waals surface area contributed by atoms with Crippen molar-refractivity contribution in [3.63, 3.8) is 0 Å². The minimum absolute atomic E-state index is 0. The van der Waals surface area contributed by atoms with E-state index in [2.05, 4.69) is 26.3 Å². The summed E-state index contributed by atoms with van der Waals surface area (Å²) >= 11 is 3.51. The van der Waals surface area contributed by atoms with Crippen molar-refractivity contribution in [1.82, 2.24) is 20.0 Å². The lowest BCUT2D eigenvalue weighted by atomic mass is 10.1. The molecule has 1 N–H and O–H groups in total. The van der Waals surface area contributed by atoms with Gasteiger partial charge in [-0.05, 0) is 18.7 Å². The molecule has 2 aromatic rings. The molecule has 0 spiro atoms. The highest BCUT2D eigenvalue weighted by Gasteiger charge is 2.23. The Hall–Kier alpha value is -1.37. The van der Waals surface area contributed by atoms with Crippen molar-refractivity contribution in [3.05, 3.63) is 52.3 Å². The second kappa shape index (κ2) is 8.31. The van der Waals surface area contributed by atoms with Gasteiger partial charge in [0.25, 0.3) is 0 Å². The van der Waals surface area contributed by atoms with Gasteiger partial charge in [-0.15, -0.1) is 12.4 Å². The van der Waals surface area contributed by atoms with Crippen molar-refractivity contribution in [2.75, 3.05) is 14.1 Å². The number of halogens is 2. The molecule has 0 aliphatic carbocycles. The predicted molar refractivity (Wildman–Crippen MR) is 92.9 cm³/mol. The summed E-state index contributed by atoms with van der Waals surface area (Å²) in [4.78, 5) is 14.3. The van der Waals surface area contributed by atoms with E-state index in [1.807, 2.05) is 44.6 Å². The summed E-state index contributed by atoms with van der Waals surface area (Å²) in [5, 5.41) is 7.18. The molecule has 1 aromatic heterocycles. The van der Waals surface area contributed by atoms with Crippen LogP contribution in [-0.2, 0) is 18.4 Å². The Kier molecular flexibility index (Phi) is 7.06. The number of aromatic nitrogens is 2. The van der Waals surface area contributed by atoms with E-state index in [1.54, 1.807) is 22.8 Å². The molecular weight excluding hydrogens is 368 g/mol. The lowest BCUT2D eigenvalue weighted by Gasteiger charge is -2.23. The van der Waals surface area contributed by atoms with Gasteiger partial charge < -0.3 is 10.2 Å².